The molecule has 5 heteroatoms. The van der Waals surface area contributed by atoms with E-state index >= 15 is 0 Å². The van der Waals surface area contributed by atoms with Crippen LogP contribution < -0.4 is 5.73 Å². The van der Waals surface area contributed by atoms with E-state index in [9.17, 15) is 5.11 Å². The number of nitrogens with zero attached hydrogens (tertiary/aromatic N) is 1. The Morgan fingerprint density at radius 1 is 1.22 bits per heavy atom. The van der Waals surface area contributed by atoms with E-state index in [1.54, 1.807) is 24.3 Å². The summed E-state index contributed by atoms with van der Waals surface area (Å²) in [6.07, 6.45) is 0. The van der Waals surface area contributed by atoms with Crippen LogP contribution in [0.1, 0.15) is 0 Å². The van der Waals surface area contributed by atoms with E-state index in [-0.39, 0.29) is 5.75 Å². The second-order valence-electron chi connectivity index (χ2n) is 3.88. The first kappa shape index (κ1) is 10.9. The van der Waals surface area contributed by atoms with Gasteiger partial charge in [0.1, 0.15) is 11.3 Å². The van der Waals surface area contributed by atoms with Crippen molar-refractivity contribution in [1.29, 1.82) is 0 Å². The van der Waals surface area contributed by atoms with Crippen LogP contribution in [0.15, 0.2) is 40.8 Å². The number of anilines is 1. The molecule has 0 aliphatic heterocycles. The lowest BCUT2D eigenvalue weighted by atomic mass is 10.2. The summed E-state index contributed by atoms with van der Waals surface area (Å²) < 4.78 is 5.58. The monoisotopic (exact) mass is 260 g/mol. The SMILES string of the molecule is Nc1ccc(-c2nc3cccc(Cl)c3o2)cc1O. The summed E-state index contributed by atoms with van der Waals surface area (Å²) in [5, 5.41) is 10.1. The molecule has 0 aliphatic rings. The first-order chi connectivity index (χ1) is 8.65. The number of benzene rings is 2. The van der Waals surface area contributed by atoms with Crippen LogP contribution in [-0.4, -0.2) is 10.1 Å². The molecule has 1 heterocycles. The van der Waals surface area contributed by atoms with Crippen molar-refractivity contribution >= 4 is 28.4 Å². The van der Waals surface area contributed by atoms with Crippen molar-refractivity contribution in [3.8, 4) is 17.2 Å². The molecule has 1 aromatic heterocycles. The van der Waals surface area contributed by atoms with E-state index in [1.165, 1.54) is 6.07 Å². The van der Waals surface area contributed by atoms with Crippen molar-refractivity contribution < 1.29 is 9.52 Å². The lowest BCUT2D eigenvalue weighted by Crippen LogP contribution is -1.85. The van der Waals surface area contributed by atoms with Crippen LogP contribution in [0.2, 0.25) is 5.02 Å². The summed E-state index contributed by atoms with van der Waals surface area (Å²) in [7, 11) is 0. The minimum absolute atomic E-state index is 0.000790. The summed E-state index contributed by atoms with van der Waals surface area (Å²) in [4.78, 5) is 4.31. The second kappa shape index (κ2) is 3.92. The third-order valence-corrected chi connectivity index (χ3v) is 2.94. The first-order valence-electron chi connectivity index (χ1n) is 5.29. The molecule has 0 amide bonds. The minimum Gasteiger partial charge on any atom is -0.506 e. The van der Waals surface area contributed by atoms with Crippen molar-refractivity contribution in [2.24, 2.45) is 0 Å². The standard InChI is InChI=1S/C13H9ClN2O2/c14-8-2-1-3-10-12(8)18-13(16-10)7-4-5-9(15)11(17)6-7/h1-6,17H,15H2. The molecule has 0 fully saturated rings. The van der Waals surface area contributed by atoms with Crippen LogP contribution in [0.4, 0.5) is 5.69 Å². The van der Waals surface area contributed by atoms with Crippen LogP contribution in [0.5, 0.6) is 5.75 Å². The fraction of sp³-hybridized carbons (Fsp3) is 0. The Morgan fingerprint density at radius 3 is 2.78 bits per heavy atom. The molecule has 3 rings (SSSR count). The van der Waals surface area contributed by atoms with E-state index in [0.29, 0.717) is 33.3 Å². The van der Waals surface area contributed by atoms with Crippen molar-refractivity contribution in [1.82, 2.24) is 4.98 Å². The average Bonchev–Trinajstić information content (AvgIpc) is 2.78. The molecule has 0 unspecified atom stereocenters. The highest BCUT2D eigenvalue weighted by Crippen LogP contribution is 2.31. The Hall–Kier alpha value is -2.20. The summed E-state index contributed by atoms with van der Waals surface area (Å²) in [5.41, 5.74) is 7.71. The van der Waals surface area contributed by atoms with Gasteiger partial charge in [0.25, 0.3) is 0 Å². The third-order valence-electron chi connectivity index (χ3n) is 2.64. The number of phenolic OH excluding ortho intramolecular Hbond substituents is 1. The second-order valence-corrected chi connectivity index (χ2v) is 4.29. The highest BCUT2D eigenvalue weighted by molar-refractivity contribution is 6.34. The Labute approximate surface area is 108 Å². The van der Waals surface area contributed by atoms with Gasteiger partial charge >= 0.3 is 0 Å². The number of halogens is 1. The molecule has 0 bridgehead atoms. The van der Waals surface area contributed by atoms with Gasteiger partial charge in [0.15, 0.2) is 5.58 Å². The highest BCUT2D eigenvalue weighted by atomic mass is 35.5. The number of aromatic hydroxyl groups is 1. The molecular weight excluding hydrogens is 252 g/mol. The first-order valence-corrected chi connectivity index (χ1v) is 5.67. The van der Waals surface area contributed by atoms with E-state index in [4.69, 9.17) is 21.8 Å². The van der Waals surface area contributed by atoms with Crippen LogP contribution in [-0.2, 0) is 0 Å². The van der Waals surface area contributed by atoms with Gasteiger partial charge in [0.2, 0.25) is 5.89 Å². The van der Waals surface area contributed by atoms with E-state index in [2.05, 4.69) is 4.98 Å². The van der Waals surface area contributed by atoms with Crippen molar-refractivity contribution in [2.45, 2.75) is 0 Å². The topological polar surface area (TPSA) is 72.3 Å². The summed E-state index contributed by atoms with van der Waals surface area (Å²) in [6, 6.07) is 10.2. The van der Waals surface area contributed by atoms with Gasteiger partial charge < -0.3 is 15.3 Å². The summed E-state index contributed by atoms with van der Waals surface area (Å²) in [5.74, 6) is 0.397. The van der Waals surface area contributed by atoms with Crippen molar-refractivity contribution in [3.05, 3.63) is 41.4 Å². The number of rotatable bonds is 1. The Bertz CT molecular complexity index is 737. The molecule has 3 aromatic rings. The number of nitrogen functional groups attached to an aromatic ring is 1. The van der Waals surface area contributed by atoms with Gasteiger partial charge in [-0.25, -0.2) is 4.98 Å². The van der Waals surface area contributed by atoms with Crippen LogP contribution in [0, 0.1) is 0 Å². The van der Waals surface area contributed by atoms with Gasteiger partial charge in [-0.15, -0.1) is 0 Å². The molecule has 18 heavy (non-hydrogen) atoms. The molecular formula is C13H9ClN2O2. The lowest BCUT2D eigenvalue weighted by molar-refractivity contribution is 0.478. The number of hydrogen-bond donors (Lipinski definition) is 2. The summed E-state index contributed by atoms with van der Waals surface area (Å²) >= 11 is 6.01. The van der Waals surface area contributed by atoms with Crippen LogP contribution in [0.3, 0.4) is 0 Å². The largest absolute Gasteiger partial charge is 0.506 e. The maximum Gasteiger partial charge on any atom is 0.227 e. The van der Waals surface area contributed by atoms with E-state index < -0.39 is 0 Å². The molecule has 3 N–H and O–H groups in total. The molecule has 0 radical (unpaired) electrons. The molecule has 0 atom stereocenters. The molecule has 0 aliphatic carbocycles. The number of nitrogens with two attached hydrogens (primary N) is 1. The fourth-order valence-corrected chi connectivity index (χ4v) is 1.92. The third kappa shape index (κ3) is 1.67. The normalized spacial score (nSPS) is 10.9. The maximum atomic E-state index is 9.57. The predicted molar refractivity (Wildman–Crippen MR) is 70.5 cm³/mol. The molecule has 0 saturated heterocycles. The van der Waals surface area contributed by atoms with Crippen molar-refractivity contribution in [3.63, 3.8) is 0 Å². The number of oxazole rings is 1. The Kier molecular flexibility index (Phi) is 2.38. The molecule has 2 aromatic carbocycles. The van der Waals surface area contributed by atoms with Gasteiger partial charge in [-0.1, -0.05) is 17.7 Å². The average molecular weight is 261 g/mol. The van der Waals surface area contributed by atoms with Gasteiger partial charge in [0, 0.05) is 5.56 Å². The zero-order valence-corrected chi connectivity index (χ0v) is 9.98. The molecule has 0 saturated carbocycles. The number of aromatic nitrogens is 1. The van der Waals surface area contributed by atoms with Gasteiger partial charge in [0.05, 0.1) is 10.7 Å². The van der Waals surface area contributed by atoms with Gasteiger partial charge in [-0.3, -0.25) is 0 Å². The van der Waals surface area contributed by atoms with E-state index in [1.807, 2.05) is 6.07 Å². The Morgan fingerprint density at radius 2 is 2.06 bits per heavy atom. The number of fused-ring (bicyclic) bond motifs is 1. The highest BCUT2D eigenvalue weighted by Gasteiger charge is 2.11. The quantitative estimate of drug-likeness (QED) is 0.519. The zero-order valence-electron chi connectivity index (χ0n) is 9.22. The summed E-state index contributed by atoms with van der Waals surface area (Å²) in [6.45, 7) is 0. The fourth-order valence-electron chi connectivity index (χ4n) is 1.72. The lowest BCUT2D eigenvalue weighted by Gasteiger charge is -1.99. The molecule has 0 spiro atoms. The number of phenols is 1. The maximum absolute atomic E-state index is 9.57. The van der Waals surface area contributed by atoms with E-state index in [0.717, 1.165) is 0 Å². The van der Waals surface area contributed by atoms with Gasteiger partial charge in [-0.2, -0.15) is 0 Å². The van der Waals surface area contributed by atoms with Crippen LogP contribution >= 0.6 is 11.6 Å². The predicted octanol–water partition coefficient (Wildman–Crippen LogP) is 3.44. The number of hydrogen-bond acceptors (Lipinski definition) is 4. The number of para-hydroxylation sites is 1. The Balaban J connectivity index is 2.19. The van der Waals surface area contributed by atoms with Crippen molar-refractivity contribution in [2.75, 3.05) is 5.73 Å². The minimum atomic E-state index is 0.000790. The zero-order chi connectivity index (χ0) is 12.7. The smallest absolute Gasteiger partial charge is 0.227 e. The van der Waals surface area contributed by atoms with Crippen LogP contribution in [0.25, 0.3) is 22.6 Å². The van der Waals surface area contributed by atoms with Gasteiger partial charge in [-0.05, 0) is 30.3 Å². The molecule has 90 valence electrons. The molecule has 4 nitrogen and oxygen atoms in total.